The zero-order chi connectivity index (χ0) is 21.3. The first kappa shape index (κ1) is 19.7. The van der Waals surface area contributed by atoms with Crippen LogP contribution in [0.4, 0.5) is 10.1 Å². The van der Waals surface area contributed by atoms with Crippen LogP contribution in [0, 0.1) is 5.82 Å². The van der Waals surface area contributed by atoms with E-state index in [9.17, 15) is 9.18 Å². The number of hydrogen-bond acceptors (Lipinski definition) is 7. The zero-order valence-corrected chi connectivity index (χ0v) is 16.7. The molecule has 1 aromatic heterocycles. The second-order valence-electron chi connectivity index (χ2n) is 6.75. The van der Waals surface area contributed by atoms with E-state index in [0.717, 1.165) is 0 Å². The third-order valence-corrected chi connectivity index (χ3v) is 4.98. The summed E-state index contributed by atoms with van der Waals surface area (Å²) in [5, 5.41) is 4.07. The van der Waals surface area contributed by atoms with E-state index in [1.165, 1.54) is 33.5 Å². The van der Waals surface area contributed by atoms with E-state index in [1.807, 2.05) is 0 Å². The highest BCUT2D eigenvalue weighted by Crippen LogP contribution is 2.41. The van der Waals surface area contributed by atoms with Crippen LogP contribution in [-0.4, -0.2) is 43.9 Å². The molecule has 0 radical (unpaired) electrons. The highest BCUT2D eigenvalue weighted by molar-refractivity contribution is 5.96. The second kappa shape index (κ2) is 8.02. The van der Waals surface area contributed by atoms with Crippen molar-refractivity contribution in [2.75, 3.05) is 32.8 Å². The molecule has 8 nitrogen and oxygen atoms in total. The number of amides is 1. The fourth-order valence-corrected chi connectivity index (χ4v) is 3.47. The minimum Gasteiger partial charge on any atom is -0.493 e. The average Bonchev–Trinajstić information content (AvgIpc) is 3.40. The fraction of sp³-hybridized carbons (Fsp3) is 0.286. The van der Waals surface area contributed by atoms with Gasteiger partial charge in [0.1, 0.15) is 5.82 Å². The number of carbonyl (C=O) groups excluding carboxylic acids is 1. The van der Waals surface area contributed by atoms with Gasteiger partial charge >= 0.3 is 0 Å². The Kier molecular flexibility index (Phi) is 5.26. The summed E-state index contributed by atoms with van der Waals surface area (Å²) in [7, 11) is 4.57. The van der Waals surface area contributed by atoms with Gasteiger partial charge in [0.15, 0.2) is 17.3 Å². The first-order valence-corrected chi connectivity index (χ1v) is 9.24. The lowest BCUT2D eigenvalue weighted by molar-refractivity contribution is -0.117. The molecule has 1 fully saturated rings. The molecule has 0 N–H and O–H groups in total. The van der Waals surface area contributed by atoms with Gasteiger partial charge in [-0.05, 0) is 36.4 Å². The summed E-state index contributed by atoms with van der Waals surface area (Å²) in [6.07, 6.45) is 0.242. The van der Waals surface area contributed by atoms with Crippen LogP contribution >= 0.6 is 0 Å². The van der Waals surface area contributed by atoms with Gasteiger partial charge in [-0.15, -0.1) is 0 Å². The maximum absolute atomic E-state index is 13.2. The number of halogens is 1. The van der Waals surface area contributed by atoms with E-state index in [-0.39, 0.29) is 30.0 Å². The van der Waals surface area contributed by atoms with Crippen LogP contribution in [0.5, 0.6) is 17.2 Å². The summed E-state index contributed by atoms with van der Waals surface area (Å²) < 4.78 is 34.7. The molecule has 9 heteroatoms. The third kappa shape index (κ3) is 3.54. The van der Waals surface area contributed by atoms with Gasteiger partial charge in [-0.3, -0.25) is 4.79 Å². The minimum absolute atomic E-state index is 0.0780. The average molecular weight is 413 g/mol. The Morgan fingerprint density at radius 1 is 1.07 bits per heavy atom. The number of benzene rings is 2. The summed E-state index contributed by atoms with van der Waals surface area (Å²) in [5.41, 5.74) is 1.24. The molecule has 2 aromatic carbocycles. The lowest BCUT2D eigenvalue weighted by atomic mass is 10.1. The van der Waals surface area contributed by atoms with Crippen LogP contribution in [-0.2, 0) is 4.79 Å². The Hall–Kier alpha value is -3.62. The van der Waals surface area contributed by atoms with E-state index >= 15 is 0 Å². The minimum atomic E-state index is -0.352. The number of aromatic nitrogens is 2. The van der Waals surface area contributed by atoms with Crippen LogP contribution in [0.3, 0.4) is 0 Å². The fourth-order valence-electron chi connectivity index (χ4n) is 3.47. The normalized spacial score (nSPS) is 16.1. The predicted molar refractivity (Wildman–Crippen MR) is 106 cm³/mol. The molecule has 1 saturated heterocycles. The molecule has 2 heterocycles. The van der Waals surface area contributed by atoms with Gasteiger partial charge < -0.3 is 23.6 Å². The van der Waals surface area contributed by atoms with Gasteiger partial charge in [-0.1, -0.05) is 5.16 Å². The summed E-state index contributed by atoms with van der Waals surface area (Å²) in [5.74, 6) is 1.42. The van der Waals surface area contributed by atoms with Crippen molar-refractivity contribution in [2.24, 2.45) is 0 Å². The van der Waals surface area contributed by atoms with Gasteiger partial charge in [0, 0.05) is 30.1 Å². The number of hydrogen-bond donors (Lipinski definition) is 0. The molecule has 0 unspecified atom stereocenters. The van der Waals surface area contributed by atoms with Crippen molar-refractivity contribution in [3.63, 3.8) is 0 Å². The van der Waals surface area contributed by atoms with Crippen molar-refractivity contribution in [1.82, 2.24) is 10.1 Å². The van der Waals surface area contributed by atoms with E-state index in [4.69, 9.17) is 18.7 Å². The van der Waals surface area contributed by atoms with Gasteiger partial charge in [0.25, 0.3) is 5.89 Å². The van der Waals surface area contributed by atoms with Crippen LogP contribution in [0.1, 0.15) is 18.2 Å². The molecule has 0 bridgehead atoms. The van der Waals surface area contributed by atoms with E-state index in [1.54, 1.807) is 29.2 Å². The molecule has 3 aromatic rings. The third-order valence-electron chi connectivity index (χ3n) is 4.98. The number of anilines is 1. The molecule has 0 aliphatic carbocycles. The summed E-state index contributed by atoms with van der Waals surface area (Å²) >= 11 is 0. The molecular formula is C21H20FN3O5. The van der Waals surface area contributed by atoms with Crippen molar-refractivity contribution in [1.29, 1.82) is 0 Å². The van der Waals surface area contributed by atoms with Gasteiger partial charge in [0.05, 0.1) is 21.3 Å². The van der Waals surface area contributed by atoms with Crippen molar-refractivity contribution in [3.8, 4) is 28.7 Å². The van der Waals surface area contributed by atoms with Crippen LogP contribution in [0.15, 0.2) is 40.9 Å². The van der Waals surface area contributed by atoms with E-state index in [0.29, 0.717) is 40.9 Å². The summed E-state index contributed by atoms with van der Waals surface area (Å²) in [4.78, 5) is 18.5. The second-order valence-corrected chi connectivity index (χ2v) is 6.75. The number of nitrogens with zero attached hydrogens (tertiary/aromatic N) is 3. The lowest BCUT2D eigenvalue weighted by Gasteiger charge is -2.15. The Morgan fingerprint density at radius 3 is 2.33 bits per heavy atom. The molecule has 1 aliphatic rings. The molecule has 1 atom stereocenters. The molecule has 0 spiro atoms. The van der Waals surface area contributed by atoms with Crippen LogP contribution in [0.2, 0.25) is 0 Å². The highest BCUT2D eigenvalue weighted by atomic mass is 19.1. The maximum atomic E-state index is 13.2. The van der Waals surface area contributed by atoms with E-state index in [2.05, 4.69) is 10.1 Å². The van der Waals surface area contributed by atoms with Crippen molar-refractivity contribution >= 4 is 11.6 Å². The van der Waals surface area contributed by atoms with Gasteiger partial charge in [-0.25, -0.2) is 4.39 Å². The number of carbonyl (C=O) groups is 1. The van der Waals surface area contributed by atoms with Crippen molar-refractivity contribution < 1.29 is 27.9 Å². The van der Waals surface area contributed by atoms with Gasteiger partial charge in [-0.2, -0.15) is 4.98 Å². The Morgan fingerprint density at radius 2 is 1.73 bits per heavy atom. The lowest BCUT2D eigenvalue weighted by Crippen LogP contribution is -2.24. The predicted octanol–water partition coefficient (Wildman–Crippen LogP) is 3.42. The molecule has 4 rings (SSSR count). The van der Waals surface area contributed by atoms with Crippen LogP contribution < -0.4 is 19.1 Å². The Labute approximate surface area is 172 Å². The maximum Gasteiger partial charge on any atom is 0.258 e. The van der Waals surface area contributed by atoms with Crippen molar-refractivity contribution in [2.45, 2.75) is 12.3 Å². The molecular weight excluding hydrogens is 393 g/mol. The summed E-state index contributed by atoms with van der Waals surface area (Å²) in [6.45, 7) is 0.388. The smallest absolute Gasteiger partial charge is 0.258 e. The quantitative estimate of drug-likeness (QED) is 0.612. The highest BCUT2D eigenvalue weighted by Gasteiger charge is 2.34. The summed E-state index contributed by atoms with van der Waals surface area (Å²) in [6, 6.07) is 9.23. The first-order valence-electron chi connectivity index (χ1n) is 9.24. The number of rotatable bonds is 6. The standard InChI is InChI=1S/C21H20FN3O5/c1-27-16-8-12(9-17(28-2)19(16)29-3)21-23-20(24-30-21)13-10-18(26)25(11-13)15-6-4-14(22)5-7-15/h4-9,13H,10-11H2,1-3H3/t13-/m1/s1. The topological polar surface area (TPSA) is 86.9 Å². The zero-order valence-electron chi connectivity index (χ0n) is 16.7. The Balaban J connectivity index is 1.59. The Bertz CT molecular complexity index is 1040. The number of methoxy groups -OCH3 is 3. The molecule has 30 heavy (non-hydrogen) atoms. The monoisotopic (exact) mass is 413 g/mol. The van der Waals surface area contributed by atoms with E-state index < -0.39 is 0 Å². The molecule has 1 aliphatic heterocycles. The molecule has 0 saturated carbocycles. The first-order chi connectivity index (χ1) is 14.5. The molecule has 156 valence electrons. The SMILES string of the molecule is COc1cc(-c2nc([C@@H]3CC(=O)N(c4ccc(F)cc4)C3)no2)cc(OC)c1OC. The molecule has 1 amide bonds. The largest absolute Gasteiger partial charge is 0.493 e. The van der Waals surface area contributed by atoms with Gasteiger partial charge in [0.2, 0.25) is 11.7 Å². The van der Waals surface area contributed by atoms with Crippen molar-refractivity contribution in [3.05, 3.63) is 48.0 Å². The number of ether oxygens (including phenoxy) is 3. The van der Waals surface area contributed by atoms with Crippen LogP contribution in [0.25, 0.3) is 11.5 Å².